The predicted octanol–water partition coefficient (Wildman–Crippen LogP) is 5.95. The number of nitrogens with one attached hydrogen (secondary N) is 2. The lowest BCUT2D eigenvalue weighted by molar-refractivity contribution is -0.107. The van der Waals surface area contributed by atoms with Gasteiger partial charge in [0, 0.05) is 34.6 Å². The number of hydrogen-bond acceptors (Lipinski definition) is 4. The summed E-state index contributed by atoms with van der Waals surface area (Å²) in [5.41, 5.74) is 2.37. The number of carbonyl (C=O) groups excluding carboxylic acids is 2. The molecular formula is C30H28FN3O3. The number of nitrogens with zero attached hydrogens (tertiary/aromatic N) is 1. The van der Waals surface area contributed by atoms with E-state index in [0.717, 1.165) is 22.8 Å². The average molecular weight is 498 g/mol. The van der Waals surface area contributed by atoms with Gasteiger partial charge in [-0.05, 0) is 66.9 Å². The minimum atomic E-state index is -1.43. The molecule has 6 nitrogen and oxygen atoms in total. The van der Waals surface area contributed by atoms with E-state index >= 15 is 0 Å². The highest BCUT2D eigenvalue weighted by Crippen LogP contribution is 2.31. The Hall–Kier alpha value is -4.36. The van der Waals surface area contributed by atoms with Gasteiger partial charge >= 0.3 is 0 Å². The van der Waals surface area contributed by atoms with Crippen LogP contribution in [0.25, 0.3) is 22.3 Å². The molecule has 1 atom stereocenters. The summed E-state index contributed by atoms with van der Waals surface area (Å²) in [6, 6.07) is 18.7. The molecule has 1 unspecified atom stereocenters. The van der Waals surface area contributed by atoms with Crippen LogP contribution in [0.2, 0.25) is 0 Å². The lowest BCUT2D eigenvalue weighted by atomic mass is 9.91. The molecule has 0 spiro atoms. The zero-order valence-corrected chi connectivity index (χ0v) is 19.6. The number of aromatic nitrogens is 3. The van der Waals surface area contributed by atoms with E-state index in [1.807, 2.05) is 30.3 Å². The number of aromatic amines is 2. The van der Waals surface area contributed by atoms with E-state index < -0.39 is 11.4 Å². The van der Waals surface area contributed by atoms with Crippen LogP contribution in [-0.4, -0.2) is 32.1 Å². The quantitative estimate of drug-likeness (QED) is 0.182. The predicted molar refractivity (Wildman–Crippen MR) is 142 cm³/mol. The monoisotopic (exact) mass is 497 g/mol. The second-order valence-corrected chi connectivity index (χ2v) is 8.93. The number of ketones is 1. The van der Waals surface area contributed by atoms with Crippen LogP contribution < -0.4 is 0 Å². The van der Waals surface area contributed by atoms with Crippen molar-refractivity contribution in [1.82, 2.24) is 15.0 Å². The first-order valence-corrected chi connectivity index (χ1v) is 11.6. The zero-order chi connectivity index (χ0) is 25.3. The fourth-order valence-electron chi connectivity index (χ4n) is 4.33. The lowest BCUT2D eigenvalue weighted by Crippen LogP contribution is -2.23. The summed E-state index contributed by atoms with van der Waals surface area (Å²) in [6.07, 6.45) is 5.09. The van der Waals surface area contributed by atoms with Crippen molar-refractivity contribution in [2.45, 2.75) is 32.8 Å². The van der Waals surface area contributed by atoms with Crippen molar-refractivity contribution in [2.75, 3.05) is 0 Å². The van der Waals surface area contributed by atoms with Gasteiger partial charge in [0.1, 0.15) is 23.5 Å². The molecule has 0 saturated heterocycles. The maximum absolute atomic E-state index is 14.8. The Morgan fingerprint density at radius 1 is 1.08 bits per heavy atom. The summed E-state index contributed by atoms with van der Waals surface area (Å²) in [7, 11) is 0. The number of H-pyrrole nitrogens is 2. The van der Waals surface area contributed by atoms with Gasteiger partial charge in [0.15, 0.2) is 5.78 Å². The molecule has 37 heavy (non-hydrogen) atoms. The van der Waals surface area contributed by atoms with Crippen LogP contribution in [0.5, 0.6) is 0 Å². The molecule has 0 saturated carbocycles. The molecule has 0 aliphatic heterocycles. The van der Waals surface area contributed by atoms with Crippen LogP contribution in [0.3, 0.4) is 0 Å². The van der Waals surface area contributed by atoms with Crippen molar-refractivity contribution in [2.24, 2.45) is 0 Å². The first-order chi connectivity index (χ1) is 17.4. The van der Waals surface area contributed by atoms with E-state index in [1.165, 1.54) is 24.4 Å². The Kier molecular flexibility index (Phi) is 7.18. The summed E-state index contributed by atoms with van der Waals surface area (Å²) >= 11 is 0. The Labute approximate surface area is 214 Å². The summed E-state index contributed by atoms with van der Waals surface area (Å²) < 4.78 is 14.8. The van der Waals surface area contributed by atoms with Crippen LogP contribution >= 0.6 is 0 Å². The number of halogens is 1. The van der Waals surface area contributed by atoms with Crippen LogP contribution in [0, 0.1) is 5.82 Å². The third-order valence-corrected chi connectivity index (χ3v) is 6.44. The summed E-state index contributed by atoms with van der Waals surface area (Å²) in [4.78, 5) is 34.3. The summed E-state index contributed by atoms with van der Waals surface area (Å²) in [5.74, 6) is -0.565. The SMILES string of the molecule is C.CC(O)(c1cccc(CCC=O)c1)c1cnc(-c2cc(C(=O)c3ccc4[nH]ccc4c3)ccc2F)[nH]1. The molecule has 5 rings (SSSR count). The third kappa shape index (κ3) is 4.99. The molecule has 0 aliphatic rings. The first-order valence-electron chi connectivity index (χ1n) is 11.6. The van der Waals surface area contributed by atoms with E-state index in [1.54, 1.807) is 31.3 Å². The van der Waals surface area contributed by atoms with Gasteiger partial charge in [-0.2, -0.15) is 0 Å². The van der Waals surface area contributed by atoms with E-state index in [0.29, 0.717) is 35.2 Å². The highest BCUT2D eigenvalue weighted by atomic mass is 19.1. The van der Waals surface area contributed by atoms with Crippen molar-refractivity contribution in [3.63, 3.8) is 0 Å². The van der Waals surface area contributed by atoms with Gasteiger partial charge in [-0.1, -0.05) is 31.7 Å². The Balaban J connectivity index is 0.00000320. The molecule has 5 aromatic rings. The number of aldehydes is 1. The lowest BCUT2D eigenvalue weighted by Gasteiger charge is -2.23. The molecule has 2 aromatic heterocycles. The maximum atomic E-state index is 14.8. The highest BCUT2D eigenvalue weighted by molar-refractivity contribution is 6.11. The Morgan fingerprint density at radius 2 is 1.86 bits per heavy atom. The number of carbonyl (C=O) groups is 2. The van der Waals surface area contributed by atoms with E-state index in [9.17, 15) is 19.1 Å². The van der Waals surface area contributed by atoms with Gasteiger partial charge in [0.05, 0.1) is 17.5 Å². The van der Waals surface area contributed by atoms with Gasteiger partial charge in [0.2, 0.25) is 0 Å². The maximum Gasteiger partial charge on any atom is 0.193 e. The molecular weight excluding hydrogens is 469 g/mol. The molecule has 0 fully saturated rings. The van der Waals surface area contributed by atoms with Crippen molar-refractivity contribution < 1.29 is 19.1 Å². The van der Waals surface area contributed by atoms with Gasteiger partial charge in [-0.3, -0.25) is 4.79 Å². The van der Waals surface area contributed by atoms with Gasteiger partial charge in [-0.25, -0.2) is 9.37 Å². The molecule has 0 aliphatic carbocycles. The van der Waals surface area contributed by atoms with E-state index in [2.05, 4.69) is 15.0 Å². The number of aliphatic hydroxyl groups is 1. The number of fused-ring (bicyclic) bond motifs is 1. The number of rotatable bonds is 8. The second kappa shape index (κ2) is 10.3. The Bertz CT molecular complexity index is 1580. The normalized spacial score (nSPS) is 12.6. The minimum Gasteiger partial charge on any atom is -0.379 e. The summed E-state index contributed by atoms with van der Waals surface area (Å²) in [5, 5.41) is 12.2. The number of imidazole rings is 1. The van der Waals surface area contributed by atoms with Crippen LogP contribution in [-0.2, 0) is 16.8 Å². The van der Waals surface area contributed by atoms with Crippen molar-refractivity contribution in [3.8, 4) is 11.4 Å². The van der Waals surface area contributed by atoms with Gasteiger partial charge < -0.3 is 19.9 Å². The minimum absolute atomic E-state index is 0. The van der Waals surface area contributed by atoms with E-state index in [-0.39, 0.29) is 24.6 Å². The molecule has 3 N–H and O–H groups in total. The number of benzene rings is 3. The molecule has 2 heterocycles. The molecule has 188 valence electrons. The third-order valence-electron chi connectivity index (χ3n) is 6.44. The molecule has 0 radical (unpaired) electrons. The van der Waals surface area contributed by atoms with E-state index in [4.69, 9.17) is 0 Å². The fourth-order valence-corrected chi connectivity index (χ4v) is 4.33. The Morgan fingerprint density at radius 3 is 2.68 bits per heavy atom. The average Bonchev–Trinajstić information content (AvgIpc) is 3.57. The molecule has 3 aromatic carbocycles. The van der Waals surface area contributed by atoms with Crippen molar-refractivity contribution in [3.05, 3.63) is 113 Å². The molecule has 0 amide bonds. The standard InChI is InChI=1S/C29H24FN3O3.CH4/c1-29(36,22-6-2-4-18(14-22)5-3-13-34)26-17-32-28(33-26)23-16-21(7-9-24(23)30)27(35)20-8-10-25-19(15-20)11-12-31-25;/h2,4,6-17,31,36H,3,5H2,1H3,(H,32,33);1H4. The number of aryl methyl sites for hydroxylation is 1. The largest absolute Gasteiger partial charge is 0.379 e. The van der Waals surface area contributed by atoms with Crippen LogP contribution in [0.4, 0.5) is 4.39 Å². The zero-order valence-electron chi connectivity index (χ0n) is 19.6. The summed E-state index contributed by atoms with van der Waals surface area (Å²) in [6.45, 7) is 1.62. The van der Waals surface area contributed by atoms with Crippen molar-refractivity contribution >= 4 is 23.0 Å². The van der Waals surface area contributed by atoms with Gasteiger partial charge in [-0.15, -0.1) is 0 Å². The number of hydrogen-bond donors (Lipinski definition) is 3. The first kappa shape index (κ1) is 25.7. The molecule has 0 bridgehead atoms. The second-order valence-electron chi connectivity index (χ2n) is 8.93. The smallest absolute Gasteiger partial charge is 0.193 e. The highest BCUT2D eigenvalue weighted by Gasteiger charge is 2.29. The topological polar surface area (TPSA) is 98.8 Å². The fraction of sp³-hybridized carbons (Fsp3) is 0.167. The van der Waals surface area contributed by atoms with Crippen molar-refractivity contribution in [1.29, 1.82) is 0 Å². The van der Waals surface area contributed by atoms with Crippen LogP contribution in [0.15, 0.2) is 79.1 Å². The molecule has 7 heteroatoms. The van der Waals surface area contributed by atoms with Gasteiger partial charge in [0.25, 0.3) is 0 Å². The van der Waals surface area contributed by atoms with Crippen LogP contribution in [0.1, 0.15) is 53.5 Å².